The second kappa shape index (κ2) is 15.3. The van der Waals surface area contributed by atoms with E-state index < -0.39 is 0 Å². The minimum Gasteiger partial charge on any atom is -0.494 e. The smallest absolute Gasteiger partial charge is 0.133 e. The average Bonchev–Trinajstić information content (AvgIpc) is 2.61. The summed E-state index contributed by atoms with van der Waals surface area (Å²) in [6.45, 7) is 14.6. The predicted octanol–water partition coefficient (Wildman–Crippen LogP) is 3.88. The van der Waals surface area contributed by atoms with Crippen molar-refractivity contribution in [3.8, 4) is 5.75 Å². The van der Waals surface area contributed by atoms with Gasteiger partial charge in [0.25, 0.3) is 0 Å². The third-order valence-corrected chi connectivity index (χ3v) is 3.91. The summed E-state index contributed by atoms with van der Waals surface area (Å²) >= 11 is 0. The summed E-state index contributed by atoms with van der Waals surface area (Å²) in [5.74, 6) is 1.44. The van der Waals surface area contributed by atoms with E-state index in [9.17, 15) is 9.59 Å². The van der Waals surface area contributed by atoms with Crippen molar-refractivity contribution in [2.45, 2.75) is 60.9 Å². The molecule has 0 aromatic heterocycles. The van der Waals surface area contributed by atoms with E-state index in [0.29, 0.717) is 26.0 Å². The van der Waals surface area contributed by atoms with Gasteiger partial charge < -0.3 is 15.3 Å². The Morgan fingerprint density at radius 2 is 1.77 bits per heavy atom. The first-order valence-electron chi connectivity index (χ1n) is 9.00. The highest BCUT2D eigenvalue weighted by molar-refractivity contribution is 5.86. The lowest BCUT2D eigenvalue weighted by Gasteiger charge is -2.15. The van der Waals surface area contributed by atoms with Gasteiger partial charge >= 0.3 is 0 Å². The number of nitrogens with two attached hydrogens (primary N) is 1. The molecule has 0 amide bonds. The topological polar surface area (TPSA) is 86.5 Å². The molecule has 0 bridgehead atoms. The van der Waals surface area contributed by atoms with Crippen LogP contribution in [0, 0.1) is 18.8 Å². The van der Waals surface area contributed by atoms with Crippen LogP contribution < -0.4 is 10.5 Å². The fraction of sp³-hybridized carbons (Fsp3) is 0.571. The zero-order chi connectivity index (χ0) is 20.7. The van der Waals surface area contributed by atoms with Crippen molar-refractivity contribution in [1.82, 2.24) is 0 Å². The van der Waals surface area contributed by atoms with Gasteiger partial charge in [-0.15, -0.1) is 0 Å². The van der Waals surface area contributed by atoms with Gasteiger partial charge in [-0.3, -0.25) is 9.59 Å². The number of hydrogen-bond acceptors (Lipinski definition) is 5. The minimum atomic E-state index is -0.0718. The van der Waals surface area contributed by atoms with Crippen molar-refractivity contribution in [2.24, 2.45) is 17.6 Å². The Morgan fingerprint density at radius 1 is 1.19 bits per heavy atom. The molecule has 0 fully saturated rings. The molecule has 0 saturated carbocycles. The number of benzene rings is 1. The predicted molar refractivity (Wildman–Crippen MR) is 106 cm³/mol. The number of rotatable bonds is 8. The van der Waals surface area contributed by atoms with Crippen LogP contribution >= 0.6 is 0 Å². The Hall–Kier alpha value is -2.01. The highest BCUT2D eigenvalue weighted by Gasteiger charge is 2.20. The molecule has 0 aliphatic carbocycles. The summed E-state index contributed by atoms with van der Waals surface area (Å²) in [4.78, 5) is 30.2. The van der Waals surface area contributed by atoms with Crippen molar-refractivity contribution >= 4 is 18.4 Å². The maximum Gasteiger partial charge on any atom is 0.133 e. The Morgan fingerprint density at radius 3 is 2.15 bits per heavy atom. The van der Waals surface area contributed by atoms with E-state index >= 15 is 0 Å². The molecule has 0 spiro atoms. The van der Waals surface area contributed by atoms with Crippen LogP contribution in [0.15, 0.2) is 18.2 Å². The van der Waals surface area contributed by atoms with Crippen LogP contribution in [0.25, 0.3) is 0 Å². The van der Waals surface area contributed by atoms with Crippen LogP contribution in [0.4, 0.5) is 0 Å². The van der Waals surface area contributed by atoms with Crippen LogP contribution in [0.3, 0.4) is 0 Å². The average molecular weight is 366 g/mol. The summed E-state index contributed by atoms with van der Waals surface area (Å²) in [7, 11) is 0. The van der Waals surface area contributed by atoms with Gasteiger partial charge in [-0.05, 0) is 38.3 Å². The zero-order valence-electron chi connectivity index (χ0n) is 17.1. The lowest BCUT2D eigenvalue weighted by molar-refractivity contribution is -0.127. The minimum absolute atomic E-state index is 0.0718. The van der Waals surface area contributed by atoms with E-state index in [0.717, 1.165) is 11.3 Å². The fourth-order valence-corrected chi connectivity index (χ4v) is 2.36. The molecule has 5 nitrogen and oxygen atoms in total. The maximum atomic E-state index is 11.1. The first kappa shape index (κ1) is 26.2. The molecule has 1 atom stereocenters. The molecule has 2 N–H and O–H groups in total. The number of Topliss-reactive ketones (excluding diaryl/α,β-unsaturated/α-hetero) is 2. The van der Waals surface area contributed by atoms with Gasteiger partial charge in [-0.25, -0.2) is 0 Å². The molecule has 26 heavy (non-hydrogen) atoms. The Balaban J connectivity index is 0. The molecular weight excluding hydrogens is 330 g/mol. The Kier molecular flexibility index (Phi) is 15.4. The normalized spacial score (nSPS) is 10.8. The monoisotopic (exact) mass is 365 g/mol. The fourth-order valence-electron chi connectivity index (χ4n) is 2.36. The van der Waals surface area contributed by atoms with E-state index in [1.807, 2.05) is 59.6 Å². The number of ether oxygens (including phenoxy) is 1. The first-order chi connectivity index (χ1) is 12.3. The summed E-state index contributed by atoms with van der Waals surface area (Å²) < 4.78 is 5.43. The van der Waals surface area contributed by atoms with Gasteiger partial charge in [0.15, 0.2) is 0 Å². The molecule has 0 radical (unpaired) electrons. The van der Waals surface area contributed by atoms with Crippen molar-refractivity contribution in [3.05, 3.63) is 29.3 Å². The van der Waals surface area contributed by atoms with Gasteiger partial charge in [0.1, 0.15) is 24.1 Å². The number of carbonyl (C=O) groups excluding carboxylic acids is 3. The van der Waals surface area contributed by atoms with Crippen molar-refractivity contribution in [2.75, 3.05) is 6.61 Å². The zero-order valence-corrected chi connectivity index (χ0v) is 17.1. The second-order valence-electron chi connectivity index (χ2n) is 6.31. The molecule has 5 heteroatoms. The summed E-state index contributed by atoms with van der Waals surface area (Å²) in [6.07, 6.45) is 0.958. The number of ketones is 2. The highest BCUT2D eigenvalue weighted by Crippen LogP contribution is 2.19. The number of aryl methyl sites for hydroxylation is 1. The lowest BCUT2D eigenvalue weighted by Crippen LogP contribution is -2.20. The Bertz CT molecular complexity index is 541. The molecule has 1 rings (SSSR count). The molecular formula is C21H35NO4. The van der Waals surface area contributed by atoms with Gasteiger partial charge in [0.2, 0.25) is 0 Å². The van der Waals surface area contributed by atoms with E-state index in [2.05, 4.69) is 0 Å². The van der Waals surface area contributed by atoms with Gasteiger partial charge in [-0.2, -0.15) is 0 Å². The third kappa shape index (κ3) is 10.8. The maximum absolute atomic E-state index is 11.1. The molecule has 148 valence electrons. The van der Waals surface area contributed by atoms with Gasteiger partial charge in [0, 0.05) is 30.9 Å². The van der Waals surface area contributed by atoms with Crippen molar-refractivity contribution in [1.29, 1.82) is 0 Å². The molecule has 0 heterocycles. The SMILES string of the molecule is C=O.CCC(=O)C[C@H](C(C)=O)C(C)C.CCOc1cc(C)ccc1CN. The van der Waals surface area contributed by atoms with Crippen molar-refractivity contribution < 1.29 is 19.1 Å². The van der Waals surface area contributed by atoms with Crippen molar-refractivity contribution in [3.63, 3.8) is 0 Å². The highest BCUT2D eigenvalue weighted by atomic mass is 16.5. The lowest BCUT2D eigenvalue weighted by atomic mass is 9.87. The second-order valence-corrected chi connectivity index (χ2v) is 6.31. The van der Waals surface area contributed by atoms with Crippen LogP contribution in [0.5, 0.6) is 5.75 Å². The van der Waals surface area contributed by atoms with Crippen LogP contribution in [-0.4, -0.2) is 25.0 Å². The molecule has 0 aliphatic heterocycles. The van der Waals surface area contributed by atoms with E-state index in [-0.39, 0.29) is 23.4 Å². The van der Waals surface area contributed by atoms with Gasteiger partial charge in [0.05, 0.1) is 6.61 Å². The Labute approximate surface area is 158 Å². The van der Waals surface area contributed by atoms with E-state index in [1.54, 1.807) is 6.92 Å². The molecule has 0 unspecified atom stereocenters. The molecule has 1 aromatic rings. The summed E-state index contributed by atoms with van der Waals surface area (Å²) in [6, 6.07) is 6.08. The number of carbonyl (C=O) groups is 3. The quantitative estimate of drug-likeness (QED) is 0.755. The summed E-state index contributed by atoms with van der Waals surface area (Å²) in [5.41, 5.74) is 7.83. The molecule has 0 aliphatic rings. The molecule has 0 saturated heterocycles. The van der Waals surface area contributed by atoms with Crippen LogP contribution in [0.1, 0.15) is 58.6 Å². The van der Waals surface area contributed by atoms with E-state index in [1.165, 1.54) is 5.56 Å². The van der Waals surface area contributed by atoms with Crippen LogP contribution in [-0.2, 0) is 20.9 Å². The summed E-state index contributed by atoms with van der Waals surface area (Å²) in [5, 5.41) is 0. The first-order valence-corrected chi connectivity index (χ1v) is 9.00. The third-order valence-electron chi connectivity index (χ3n) is 3.91. The molecule has 1 aromatic carbocycles. The van der Waals surface area contributed by atoms with Crippen LogP contribution in [0.2, 0.25) is 0 Å². The number of hydrogen-bond donors (Lipinski definition) is 1. The standard InChI is InChI=1S/C10H15NO.C10H18O2.CH2O/c1-3-12-10-6-8(2)4-5-9(10)7-11;1-5-9(12)6-10(7(2)3)8(4)11;1-2/h4-6H,3,7,11H2,1-2H3;7,10H,5-6H2,1-4H3;1H2/t;10-;/m.0./s1. The van der Waals surface area contributed by atoms with Gasteiger partial charge in [-0.1, -0.05) is 32.9 Å². The van der Waals surface area contributed by atoms with E-state index in [4.69, 9.17) is 15.3 Å². The largest absolute Gasteiger partial charge is 0.494 e.